The number of rotatable bonds is 3. The van der Waals surface area contributed by atoms with Gasteiger partial charge in [0.15, 0.2) is 0 Å². The van der Waals surface area contributed by atoms with E-state index < -0.39 is 5.60 Å². The summed E-state index contributed by atoms with van der Waals surface area (Å²) < 4.78 is 5.37. The van der Waals surface area contributed by atoms with E-state index in [0.717, 1.165) is 19.4 Å². The van der Waals surface area contributed by atoms with Crippen LogP contribution in [0, 0.1) is 0 Å². The first-order chi connectivity index (χ1) is 10.7. The Morgan fingerprint density at radius 3 is 2.26 bits per heavy atom. The van der Waals surface area contributed by atoms with E-state index in [1.165, 1.54) is 5.56 Å². The fourth-order valence-electron chi connectivity index (χ4n) is 3.32. The second-order valence-corrected chi connectivity index (χ2v) is 7.67. The average Bonchev–Trinajstić information content (AvgIpc) is 2.42. The number of carbonyl (C=O) groups is 1. The summed E-state index contributed by atoms with van der Waals surface area (Å²) in [7, 11) is 0. The zero-order chi connectivity index (χ0) is 17.0. The molecule has 0 aliphatic carbocycles. The molecule has 1 saturated heterocycles. The van der Waals surface area contributed by atoms with Gasteiger partial charge in [-0.2, -0.15) is 0 Å². The predicted octanol–water partition coefficient (Wildman–Crippen LogP) is 3.95. The SMILES string of the molecule is CC1CC(NC(=O)OC(C)(C)C)CC(C)N1Cc1ccccc1. The Balaban J connectivity index is 1.90. The van der Waals surface area contributed by atoms with Crippen molar-refractivity contribution in [2.45, 2.75) is 77.7 Å². The minimum Gasteiger partial charge on any atom is -0.444 e. The molecule has 1 fully saturated rings. The molecule has 0 aromatic heterocycles. The third-order valence-electron chi connectivity index (χ3n) is 4.31. The van der Waals surface area contributed by atoms with Gasteiger partial charge in [-0.3, -0.25) is 4.90 Å². The zero-order valence-corrected chi connectivity index (χ0v) is 15.0. The lowest BCUT2D eigenvalue weighted by atomic mass is 9.92. The normalized spacial score (nSPS) is 25.9. The topological polar surface area (TPSA) is 41.6 Å². The Kier molecular flexibility index (Phi) is 5.69. The Morgan fingerprint density at radius 2 is 1.74 bits per heavy atom. The number of nitrogens with zero attached hydrogens (tertiary/aromatic N) is 1. The van der Waals surface area contributed by atoms with Gasteiger partial charge in [-0.25, -0.2) is 4.79 Å². The molecule has 0 bridgehead atoms. The molecule has 4 nitrogen and oxygen atoms in total. The van der Waals surface area contributed by atoms with E-state index >= 15 is 0 Å². The lowest BCUT2D eigenvalue weighted by molar-refractivity contribution is 0.0385. The highest BCUT2D eigenvalue weighted by Crippen LogP contribution is 2.25. The largest absolute Gasteiger partial charge is 0.444 e. The lowest BCUT2D eigenvalue weighted by Crippen LogP contribution is -2.53. The first kappa shape index (κ1) is 17.8. The van der Waals surface area contributed by atoms with Gasteiger partial charge in [0.2, 0.25) is 0 Å². The third-order valence-corrected chi connectivity index (χ3v) is 4.31. The van der Waals surface area contributed by atoms with Crippen molar-refractivity contribution in [2.75, 3.05) is 0 Å². The van der Waals surface area contributed by atoms with E-state index in [1.54, 1.807) is 0 Å². The fraction of sp³-hybridized carbons (Fsp3) is 0.632. The first-order valence-corrected chi connectivity index (χ1v) is 8.54. The Labute approximate surface area is 140 Å². The maximum Gasteiger partial charge on any atom is 0.407 e. The molecule has 1 aromatic rings. The maximum atomic E-state index is 12.0. The standard InChI is InChI=1S/C19H30N2O2/c1-14-11-17(20-18(22)23-19(3,4)5)12-15(2)21(14)13-16-9-7-6-8-10-16/h6-10,14-15,17H,11-13H2,1-5H3,(H,20,22). The summed E-state index contributed by atoms with van der Waals surface area (Å²) in [5.74, 6) is 0. The minimum atomic E-state index is -0.449. The molecule has 0 spiro atoms. The highest BCUT2D eigenvalue weighted by atomic mass is 16.6. The number of nitrogens with one attached hydrogen (secondary N) is 1. The molecule has 1 heterocycles. The number of benzene rings is 1. The molecule has 2 rings (SSSR count). The van der Waals surface area contributed by atoms with Gasteiger partial charge >= 0.3 is 6.09 Å². The van der Waals surface area contributed by atoms with Gasteiger partial charge in [-0.1, -0.05) is 30.3 Å². The van der Waals surface area contributed by atoms with Crippen molar-refractivity contribution < 1.29 is 9.53 Å². The van der Waals surface area contributed by atoms with Crippen LogP contribution in [0.1, 0.15) is 53.0 Å². The average molecular weight is 318 g/mol. The molecule has 0 radical (unpaired) electrons. The maximum absolute atomic E-state index is 12.0. The molecule has 128 valence electrons. The molecular formula is C19H30N2O2. The Hall–Kier alpha value is -1.55. The van der Waals surface area contributed by atoms with Gasteiger partial charge in [0.1, 0.15) is 5.60 Å². The molecule has 2 atom stereocenters. The second kappa shape index (κ2) is 7.35. The summed E-state index contributed by atoms with van der Waals surface area (Å²) in [5.41, 5.74) is 0.889. The van der Waals surface area contributed by atoms with Crippen molar-refractivity contribution >= 4 is 6.09 Å². The number of amides is 1. The highest BCUT2D eigenvalue weighted by Gasteiger charge is 2.32. The number of hydrogen-bond donors (Lipinski definition) is 1. The van der Waals surface area contributed by atoms with Gasteiger partial charge in [0.25, 0.3) is 0 Å². The molecule has 1 aliphatic heterocycles. The molecule has 0 saturated carbocycles. The predicted molar refractivity (Wildman–Crippen MR) is 93.3 cm³/mol. The lowest BCUT2D eigenvalue weighted by Gasteiger charge is -2.43. The highest BCUT2D eigenvalue weighted by molar-refractivity contribution is 5.68. The molecule has 4 heteroatoms. The molecular weight excluding hydrogens is 288 g/mol. The van der Waals surface area contributed by atoms with Crippen molar-refractivity contribution in [3.8, 4) is 0 Å². The summed E-state index contributed by atoms with van der Waals surface area (Å²) in [5, 5.41) is 3.03. The van der Waals surface area contributed by atoms with Crippen LogP contribution in [0.25, 0.3) is 0 Å². The number of ether oxygens (including phenoxy) is 1. The van der Waals surface area contributed by atoms with Gasteiger partial charge in [0, 0.05) is 24.7 Å². The number of alkyl carbamates (subject to hydrolysis) is 1. The molecule has 1 amide bonds. The van der Waals surface area contributed by atoms with Crippen LogP contribution in [0.3, 0.4) is 0 Å². The van der Waals surface area contributed by atoms with Crippen molar-refractivity contribution in [1.82, 2.24) is 10.2 Å². The van der Waals surface area contributed by atoms with Crippen molar-refractivity contribution in [3.63, 3.8) is 0 Å². The summed E-state index contributed by atoms with van der Waals surface area (Å²) in [6, 6.07) is 11.6. The number of piperidine rings is 1. The van der Waals surface area contributed by atoms with Crippen molar-refractivity contribution in [3.05, 3.63) is 35.9 Å². The van der Waals surface area contributed by atoms with Crippen LogP contribution >= 0.6 is 0 Å². The summed E-state index contributed by atoms with van der Waals surface area (Å²) in [4.78, 5) is 14.5. The quantitative estimate of drug-likeness (QED) is 0.917. The summed E-state index contributed by atoms with van der Waals surface area (Å²) in [6.45, 7) is 11.1. The number of hydrogen-bond acceptors (Lipinski definition) is 3. The number of likely N-dealkylation sites (tertiary alicyclic amines) is 1. The molecule has 1 aliphatic rings. The van der Waals surface area contributed by atoms with Crippen LogP contribution in [0.15, 0.2) is 30.3 Å². The Morgan fingerprint density at radius 1 is 1.17 bits per heavy atom. The van der Waals surface area contributed by atoms with Crippen LogP contribution in [-0.4, -0.2) is 34.7 Å². The van der Waals surface area contributed by atoms with Gasteiger partial charge in [-0.15, -0.1) is 0 Å². The van der Waals surface area contributed by atoms with E-state index in [-0.39, 0.29) is 12.1 Å². The first-order valence-electron chi connectivity index (χ1n) is 8.54. The molecule has 23 heavy (non-hydrogen) atoms. The van der Waals surface area contributed by atoms with Crippen LogP contribution in [0.4, 0.5) is 4.79 Å². The van der Waals surface area contributed by atoms with E-state index in [9.17, 15) is 4.79 Å². The second-order valence-electron chi connectivity index (χ2n) is 7.67. The molecule has 1 N–H and O–H groups in total. The smallest absolute Gasteiger partial charge is 0.407 e. The van der Waals surface area contributed by atoms with E-state index in [0.29, 0.717) is 12.1 Å². The monoisotopic (exact) mass is 318 g/mol. The minimum absolute atomic E-state index is 0.182. The van der Waals surface area contributed by atoms with Crippen LogP contribution in [-0.2, 0) is 11.3 Å². The van der Waals surface area contributed by atoms with E-state index in [1.807, 2.05) is 26.8 Å². The van der Waals surface area contributed by atoms with Gasteiger partial charge in [0.05, 0.1) is 0 Å². The van der Waals surface area contributed by atoms with Crippen molar-refractivity contribution in [1.29, 1.82) is 0 Å². The number of carbonyl (C=O) groups excluding carboxylic acids is 1. The van der Waals surface area contributed by atoms with Crippen LogP contribution < -0.4 is 5.32 Å². The van der Waals surface area contributed by atoms with Gasteiger partial charge < -0.3 is 10.1 Å². The summed E-state index contributed by atoms with van der Waals surface area (Å²) in [6.07, 6.45) is 1.60. The fourth-order valence-corrected chi connectivity index (χ4v) is 3.32. The van der Waals surface area contributed by atoms with Gasteiger partial charge in [-0.05, 0) is 53.0 Å². The molecule has 2 unspecified atom stereocenters. The third kappa shape index (κ3) is 5.54. The Bertz CT molecular complexity index is 498. The van der Waals surface area contributed by atoms with E-state index in [2.05, 4.69) is 48.3 Å². The van der Waals surface area contributed by atoms with Crippen LogP contribution in [0.2, 0.25) is 0 Å². The molecule has 1 aromatic carbocycles. The summed E-state index contributed by atoms with van der Waals surface area (Å²) >= 11 is 0. The zero-order valence-electron chi connectivity index (χ0n) is 15.0. The van der Waals surface area contributed by atoms with Crippen molar-refractivity contribution in [2.24, 2.45) is 0 Å². The van der Waals surface area contributed by atoms with Crippen LogP contribution in [0.5, 0.6) is 0 Å². The van der Waals surface area contributed by atoms with E-state index in [4.69, 9.17) is 4.74 Å².